The van der Waals surface area contributed by atoms with Crippen molar-refractivity contribution in [2.24, 2.45) is 0 Å². The first-order chi connectivity index (χ1) is 12.7. The van der Waals surface area contributed by atoms with Gasteiger partial charge < -0.3 is 9.84 Å². The number of hydrogen-bond acceptors (Lipinski definition) is 7. The fraction of sp³-hybridized carbons (Fsp3) is 0.500. The van der Waals surface area contributed by atoms with Gasteiger partial charge in [0.15, 0.2) is 0 Å². The zero-order valence-corrected chi connectivity index (χ0v) is 15.1. The molecule has 1 fully saturated rings. The van der Waals surface area contributed by atoms with Gasteiger partial charge in [-0.15, -0.1) is 0 Å². The number of hydrogen-bond donors (Lipinski definition) is 1. The molecule has 2 rings (SSSR count). The molecule has 146 valence electrons. The molecule has 0 aromatic heterocycles. The number of carbonyl (C=O) groups excluding carboxylic acids is 1. The van der Waals surface area contributed by atoms with Crippen molar-refractivity contribution in [3.8, 4) is 0 Å². The average molecular weight is 378 g/mol. The van der Waals surface area contributed by atoms with Crippen LogP contribution in [0.3, 0.4) is 0 Å². The minimum absolute atomic E-state index is 0.0861. The van der Waals surface area contributed by atoms with E-state index in [1.165, 1.54) is 0 Å². The molecular formula is C18H22N2O7. The number of non-ortho nitro benzene ring substituents is 2. The van der Waals surface area contributed by atoms with E-state index >= 15 is 0 Å². The number of ether oxygens (including phenoxy) is 1. The van der Waals surface area contributed by atoms with E-state index in [0.717, 1.165) is 55.9 Å². The molecule has 1 aromatic rings. The molecule has 9 heteroatoms. The Morgan fingerprint density at radius 1 is 1.15 bits per heavy atom. The van der Waals surface area contributed by atoms with Crippen molar-refractivity contribution in [1.82, 2.24) is 0 Å². The third-order valence-corrected chi connectivity index (χ3v) is 4.60. The molecule has 0 spiro atoms. The molecule has 0 bridgehead atoms. The third kappa shape index (κ3) is 5.85. The summed E-state index contributed by atoms with van der Waals surface area (Å²) in [6.07, 6.45) is 6.75. The summed E-state index contributed by atoms with van der Waals surface area (Å²) >= 11 is 0. The molecule has 1 aromatic carbocycles. The van der Waals surface area contributed by atoms with E-state index in [2.05, 4.69) is 0 Å². The zero-order chi connectivity index (χ0) is 20.0. The van der Waals surface area contributed by atoms with E-state index in [1.807, 2.05) is 6.92 Å². The topological polar surface area (TPSA) is 133 Å². The molecule has 1 aliphatic rings. The number of nitro benzene ring substituents is 2. The summed E-state index contributed by atoms with van der Waals surface area (Å²) in [6, 6.07) is 2.67. The Morgan fingerprint density at radius 2 is 1.70 bits per heavy atom. The van der Waals surface area contributed by atoms with Crippen molar-refractivity contribution in [1.29, 1.82) is 0 Å². The minimum atomic E-state index is -0.887. The van der Waals surface area contributed by atoms with Crippen LogP contribution in [0, 0.1) is 20.2 Å². The normalized spacial score (nSPS) is 16.6. The van der Waals surface area contributed by atoms with E-state index in [1.54, 1.807) is 6.08 Å². The van der Waals surface area contributed by atoms with Crippen molar-refractivity contribution in [3.63, 3.8) is 0 Å². The van der Waals surface area contributed by atoms with Gasteiger partial charge in [0.25, 0.3) is 11.4 Å². The van der Waals surface area contributed by atoms with Gasteiger partial charge in [-0.25, -0.2) is 4.79 Å². The lowest BCUT2D eigenvalue weighted by molar-refractivity contribution is -0.394. The second-order valence-electron chi connectivity index (χ2n) is 6.86. The molecule has 1 saturated carbocycles. The highest BCUT2D eigenvalue weighted by atomic mass is 16.6. The van der Waals surface area contributed by atoms with E-state index in [-0.39, 0.29) is 12.2 Å². The van der Waals surface area contributed by atoms with Crippen LogP contribution in [0.2, 0.25) is 0 Å². The van der Waals surface area contributed by atoms with Gasteiger partial charge in [0, 0.05) is 12.1 Å². The van der Waals surface area contributed by atoms with E-state index in [4.69, 9.17) is 4.74 Å². The smallest absolute Gasteiger partial charge is 0.338 e. The van der Waals surface area contributed by atoms with Crippen LogP contribution in [0.25, 0.3) is 0 Å². The predicted molar refractivity (Wildman–Crippen MR) is 96.4 cm³/mol. The lowest BCUT2D eigenvalue weighted by Gasteiger charge is -2.32. The standard InChI is InChI=1S/C18H22N2O7/c1-13(12-18(22)6-3-2-4-7-18)5-8-27-17(21)14-9-15(19(23)24)11-16(10-14)20(25)26/h5,9-11,22H,2-4,6-8,12H2,1H3/b13-5-. The fourth-order valence-electron chi connectivity index (χ4n) is 3.24. The third-order valence-electron chi connectivity index (χ3n) is 4.60. The number of benzene rings is 1. The molecule has 0 radical (unpaired) electrons. The lowest BCUT2D eigenvalue weighted by atomic mass is 9.80. The molecule has 0 saturated heterocycles. The predicted octanol–water partition coefficient (Wildman–Crippen LogP) is 3.69. The summed E-state index contributed by atoms with van der Waals surface area (Å²) in [4.78, 5) is 32.2. The number of carbonyl (C=O) groups is 1. The zero-order valence-electron chi connectivity index (χ0n) is 15.1. The minimum Gasteiger partial charge on any atom is -0.458 e. The van der Waals surface area contributed by atoms with Gasteiger partial charge in [-0.3, -0.25) is 20.2 Å². The Balaban J connectivity index is 2.00. The molecule has 0 heterocycles. The largest absolute Gasteiger partial charge is 0.458 e. The highest BCUT2D eigenvalue weighted by Gasteiger charge is 2.29. The fourth-order valence-corrected chi connectivity index (χ4v) is 3.24. The first-order valence-electron chi connectivity index (χ1n) is 8.69. The molecule has 1 aliphatic carbocycles. The van der Waals surface area contributed by atoms with Crippen LogP contribution in [0.5, 0.6) is 0 Å². The molecule has 27 heavy (non-hydrogen) atoms. The van der Waals surface area contributed by atoms with E-state index in [0.29, 0.717) is 6.42 Å². The van der Waals surface area contributed by atoms with Crippen LogP contribution in [0.15, 0.2) is 29.8 Å². The summed E-state index contributed by atoms with van der Waals surface area (Å²) in [5.41, 5.74) is -1.21. The number of rotatable bonds is 7. The van der Waals surface area contributed by atoms with Gasteiger partial charge in [0.2, 0.25) is 0 Å². The van der Waals surface area contributed by atoms with Gasteiger partial charge >= 0.3 is 5.97 Å². The summed E-state index contributed by atoms with van der Waals surface area (Å²) < 4.78 is 5.05. The SMILES string of the molecule is C/C(=C/COC(=O)c1cc([N+](=O)[O-])cc([N+](=O)[O-])c1)CC1(O)CCCCC1. The van der Waals surface area contributed by atoms with E-state index in [9.17, 15) is 30.1 Å². The van der Waals surface area contributed by atoms with Gasteiger partial charge in [-0.05, 0) is 32.3 Å². The summed E-state index contributed by atoms with van der Waals surface area (Å²) in [7, 11) is 0. The average Bonchev–Trinajstić information content (AvgIpc) is 2.61. The second kappa shape index (κ2) is 8.72. The summed E-state index contributed by atoms with van der Waals surface area (Å²) in [5.74, 6) is -0.887. The quantitative estimate of drug-likeness (QED) is 0.331. The van der Waals surface area contributed by atoms with Gasteiger partial charge in [-0.2, -0.15) is 0 Å². The number of aliphatic hydroxyl groups is 1. The second-order valence-corrected chi connectivity index (χ2v) is 6.86. The van der Waals surface area contributed by atoms with Crippen molar-refractivity contribution < 1.29 is 24.5 Å². The van der Waals surface area contributed by atoms with Gasteiger partial charge in [0.1, 0.15) is 6.61 Å². The number of nitrogens with zero attached hydrogens (tertiary/aromatic N) is 2. The summed E-state index contributed by atoms with van der Waals surface area (Å²) in [5, 5.41) is 32.3. The van der Waals surface area contributed by atoms with Crippen LogP contribution in [-0.2, 0) is 4.74 Å². The highest BCUT2D eigenvalue weighted by molar-refractivity contribution is 5.91. The van der Waals surface area contributed by atoms with Crippen LogP contribution in [-0.4, -0.2) is 33.1 Å². The van der Waals surface area contributed by atoms with Crippen molar-refractivity contribution in [2.75, 3.05) is 6.61 Å². The molecule has 0 amide bonds. The first kappa shape index (κ1) is 20.5. The van der Waals surface area contributed by atoms with Crippen molar-refractivity contribution >= 4 is 17.3 Å². The molecule has 9 nitrogen and oxygen atoms in total. The Morgan fingerprint density at radius 3 is 2.22 bits per heavy atom. The molecule has 0 unspecified atom stereocenters. The first-order valence-corrected chi connectivity index (χ1v) is 8.69. The Hall–Kier alpha value is -2.81. The monoisotopic (exact) mass is 378 g/mol. The van der Waals surface area contributed by atoms with E-state index < -0.39 is 32.8 Å². The van der Waals surface area contributed by atoms with Crippen LogP contribution >= 0.6 is 0 Å². The van der Waals surface area contributed by atoms with Gasteiger partial charge in [-0.1, -0.05) is 24.8 Å². The van der Waals surface area contributed by atoms with Crippen molar-refractivity contribution in [2.45, 2.75) is 51.0 Å². The van der Waals surface area contributed by atoms with Crippen LogP contribution < -0.4 is 0 Å². The molecule has 0 atom stereocenters. The Labute approximate surface area is 155 Å². The maximum atomic E-state index is 12.1. The molecule has 0 aliphatic heterocycles. The van der Waals surface area contributed by atoms with Crippen LogP contribution in [0.1, 0.15) is 55.8 Å². The van der Waals surface area contributed by atoms with Crippen molar-refractivity contribution in [3.05, 3.63) is 55.6 Å². The Kier molecular flexibility index (Phi) is 6.62. The highest BCUT2D eigenvalue weighted by Crippen LogP contribution is 2.33. The molecule has 1 N–H and O–H groups in total. The number of esters is 1. The maximum absolute atomic E-state index is 12.1. The maximum Gasteiger partial charge on any atom is 0.338 e. The van der Waals surface area contributed by atoms with Gasteiger partial charge in [0.05, 0.1) is 27.1 Å². The summed E-state index contributed by atoms with van der Waals surface area (Å²) in [6.45, 7) is 1.75. The Bertz CT molecular complexity index is 735. The molecular weight excluding hydrogens is 356 g/mol. The van der Waals surface area contributed by atoms with Crippen LogP contribution in [0.4, 0.5) is 11.4 Å². The number of nitro groups is 2. The lowest BCUT2D eigenvalue weighted by Crippen LogP contribution is -2.31.